The molecule has 2 aliphatic heterocycles. The molecule has 24 heavy (non-hydrogen) atoms. The van der Waals surface area contributed by atoms with E-state index in [0.717, 1.165) is 18.5 Å². The van der Waals surface area contributed by atoms with Gasteiger partial charge in [-0.1, -0.05) is 23.9 Å². The van der Waals surface area contributed by atoms with Gasteiger partial charge < -0.3 is 9.64 Å². The van der Waals surface area contributed by atoms with Crippen LogP contribution >= 0.6 is 11.8 Å². The normalized spacial score (nSPS) is 29.7. The van der Waals surface area contributed by atoms with Crippen molar-refractivity contribution in [3.05, 3.63) is 24.3 Å². The number of para-hydroxylation sites is 2. The second-order valence-corrected chi connectivity index (χ2v) is 9.71. The summed E-state index contributed by atoms with van der Waals surface area (Å²) >= 11 is 1.40. The van der Waals surface area contributed by atoms with Crippen molar-refractivity contribution < 1.29 is 17.9 Å². The molecule has 4 rings (SSSR count). The van der Waals surface area contributed by atoms with Crippen LogP contribution in [-0.4, -0.2) is 49.4 Å². The Morgan fingerprint density at radius 2 is 2.04 bits per heavy atom. The van der Waals surface area contributed by atoms with Gasteiger partial charge in [-0.3, -0.25) is 4.79 Å². The van der Waals surface area contributed by atoms with Crippen molar-refractivity contribution in [1.82, 2.24) is 0 Å². The molecule has 0 unspecified atom stereocenters. The minimum absolute atomic E-state index is 0.0433. The van der Waals surface area contributed by atoms with E-state index in [2.05, 4.69) is 4.99 Å². The van der Waals surface area contributed by atoms with Gasteiger partial charge >= 0.3 is 0 Å². The molecule has 1 saturated carbocycles. The van der Waals surface area contributed by atoms with E-state index >= 15 is 0 Å². The number of amides is 1. The number of amidine groups is 1. The van der Waals surface area contributed by atoms with Crippen LogP contribution in [-0.2, 0) is 14.6 Å². The lowest BCUT2D eigenvalue weighted by atomic mass is 10.2. The fraction of sp³-hybridized carbons (Fsp3) is 0.500. The number of anilines is 1. The fourth-order valence-corrected chi connectivity index (χ4v) is 7.10. The zero-order chi connectivity index (χ0) is 16.9. The molecule has 0 aromatic heterocycles. The molecule has 6 nitrogen and oxygen atoms in total. The van der Waals surface area contributed by atoms with Gasteiger partial charge in [-0.15, -0.1) is 0 Å². The second kappa shape index (κ2) is 5.77. The number of benzene rings is 1. The summed E-state index contributed by atoms with van der Waals surface area (Å²) in [6.07, 6.45) is 1.80. The van der Waals surface area contributed by atoms with Gasteiger partial charge in [0.15, 0.2) is 15.0 Å². The summed E-state index contributed by atoms with van der Waals surface area (Å²) < 4.78 is 29.5. The van der Waals surface area contributed by atoms with E-state index < -0.39 is 9.84 Å². The molecule has 128 valence electrons. The highest BCUT2D eigenvalue weighted by Crippen LogP contribution is 2.44. The Morgan fingerprint density at radius 3 is 2.75 bits per heavy atom. The second-order valence-electron chi connectivity index (χ2n) is 6.35. The van der Waals surface area contributed by atoms with Gasteiger partial charge in [-0.05, 0) is 25.0 Å². The molecule has 0 bridgehead atoms. The maximum Gasteiger partial charge on any atom is 0.251 e. The summed E-state index contributed by atoms with van der Waals surface area (Å²) in [4.78, 5) is 18.4. The van der Waals surface area contributed by atoms with Crippen molar-refractivity contribution in [2.24, 2.45) is 10.9 Å². The van der Waals surface area contributed by atoms with Crippen LogP contribution in [0.4, 0.5) is 5.69 Å². The van der Waals surface area contributed by atoms with E-state index in [-0.39, 0.29) is 34.6 Å². The predicted molar refractivity (Wildman–Crippen MR) is 94.5 cm³/mol. The molecule has 1 aromatic carbocycles. The monoisotopic (exact) mass is 366 g/mol. The smallest absolute Gasteiger partial charge is 0.251 e. The Labute approximate surface area is 145 Å². The summed E-state index contributed by atoms with van der Waals surface area (Å²) in [6, 6.07) is 7.24. The van der Waals surface area contributed by atoms with Gasteiger partial charge in [0, 0.05) is 11.2 Å². The number of fused-ring (bicyclic) bond motifs is 1. The number of thioether (sulfide) groups is 1. The summed E-state index contributed by atoms with van der Waals surface area (Å²) in [5, 5.41) is 0.506. The molecule has 1 aromatic rings. The molecule has 2 atom stereocenters. The molecule has 0 spiro atoms. The van der Waals surface area contributed by atoms with Gasteiger partial charge in [-0.2, -0.15) is 4.99 Å². The Hall–Kier alpha value is -1.54. The van der Waals surface area contributed by atoms with E-state index in [1.807, 2.05) is 29.2 Å². The van der Waals surface area contributed by atoms with Crippen LogP contribution in [0, 0.1) is 5.92 Å². The molecule has 1 aliphatic carbocycles. The Kier molecular flexibility index (Phi) is 3.84. The molecule has 8 heteroatoms. The van der Waals surface area contributed by atoms with Gasteiger partial charge in [0.2, 0.25) is 0 Å². The number of carbonyl (C=O) groups is 1. The molecular formula is C16H18N2O4S2. The van der Waals surface area contributed by atoms with Crippen molar-refractivity contribution in [2.45, 2.75) is 24.1 Å². The standard InChI is InChI=1S/C16H18N2O4S2/c1-22-13-5-3-2-4-11(13)18-12-8-24(20,21)9-14(12)23-16(18)17-15(19)10-6-7-10/h2-5,10,12,14H,6-9H2,1H3/t12-,14+/m0/s1. The molecule has 0 N–H and O–H groups in total. The van der Waals surface area contributed by atoms with Gasteiger partial charge in [0.25, 0.3) is 5.91 Å². The minimum Gasteiger partial charge on any atom is -0.495 e. The maximum absolute atomic E-state index is 12.2. The number of hydrogen-bond acceptors (Lipinski definition) is 5. The third-order valence-corrected chi connectivity index (χ3v) is 7.75. The minimum atomic E-state index is -3.07. The van der Waals surface area contributed by atoms with Crippen molar-refractivity contribution in [2.75, 3.05) is 23.5 Å². The number of rotatable bonds is 3. The zero-order valence-electron chi connectivity index (χ0n) is 13.2. The average molecular weight is 366 g/mol. The highest BCUT2D eigenvalue weighted by molar-refractivity contribution is 8.16. The first-order chi connectivity index (χ1) is 11.5. The first kappa shape index (κ1) is 16.0. The molecule has 0 radical (unpaired) electrons. The van der Waals surface area contributed by atoms with Crippen LogP contribution in [0.5, 0.6) is 5.75 Å². The highest BCUT2D eigenvalue weighted by atomic mass is 32.2. The number of hydrogen-bond donors (Lipinski definition) is 0. The molecule has 2 heterocycles. The molecule has 1 amide bonds. The third-order valence-electron chi connectivity index (χ3n) is 4.54. The van der Waals surface area contributed by atoms with Crippen molar-refractivity contribution in [3.8, 4) is 5.75 Å². The molecule has 2 saturated heterocycles. The molecule has 3 aliphatic rings. The van der Waals surface area contributed by atoms with E-state index in [1.54, 1.807) is 7.11 Å². The van der Waals surface area contributed by atoms with Gasteiger partial charge in [-0.25, -0.2) is 8.42 Å². The van der Waals surface area contributed by atoms with Crippen molar-refractivity contribution >= 4 is 38.4 Å². The molecular weight excluding hydrogens is 348 g/mol. The lowest BCUT2D eigenvalue weighted by Gasteiger charge is -2.26. The van der Waals surface area contributed by atoms with E-state index in [4.69, 9.17) is 4.74 Å². The van der Waals surface area contributed by atoms with Crippen LogP contribution < -0.4 is 9.64 Å². The number of nitrogens with zero attached hydrogens (tertiary/aromatic N) is 2. The summed E-state index contributed by atoms with van der Waals surface area (Å²) in [5.41, 5.74) is 0.763. The van der Waals surface area contributed by atoms with Crippen LogP contribution in [0.1, 0.15) is 12.8 Å². The lowest BCUT2D eigenvalue weighted by molar-refractivity contribution is -0.118. The molecule has 3 fully saturated rings. The highest BCUT2D eigenvalue weighted by Gasteiger charge is 2.50. The van der Waals surface area contributed by atoms with E-state index in [0.29, 0.717) is 10.9 Å². The predicted octanol–water partition coefficient (Wildman–Crippen LogP) is 1.71. The Morgan fingerprint density at radius 1 is 1.29 bits per heavy atom. The quantitative estimate of drug-likeness (QED) is 0.811. The third kappa shape index (κ3) is 2.82. The van der Waals surface area contributed by atoms with Crippen LogP contribution in [0.25, 0.3) is 0 Å². The first-order valence-corrected chi connectivity index (χ1v) is 10.6. The number of ether oxygens (including phenoxy) is 1. The number of aliphatic imine (C=N–C) groups is 1. The van der Waals surface area contributed by atoms with Crippen LogP contribution in [0.2, 0.25) is 0 Å². The fourth-order valence-electron chi connectivity index (χ4n) is 3.19. The lowest BCUT2D eigenvalue weighted by Crippen LogP contribution is -2.38. The summed E-state index contributed by atoms with van der Waals surface area (Å²) in [5.74, 6) is 0.806. The van der Waals surface area contributed by atoms with Gasteiger partial charge in [0.05, 0.1) is 30.3 Å². The number of carbonyl (C=O) groups excluding carboxylic acids is 1. The van der Waals surface area contributed by atoms with Crippen molar-refractivity contribution in [1.29, 1.82) is 0 Å². The van der Waals surface area contributed by atoms with Crippen molar-refractivity contribution in [3.63, 3.8) is 0 Å². The van der Waals surface area contributed by atoms with Crippen LogP contribution in [0.3, 0.4) is 0 Å². The Balaban J connectivity index is 1.76. The maximum atomic E-state index is 12.2. The van der Waals surface area contributed by atoms with E-state index in [1.165, 1.54) is 11.8 Å². The topological polar surface area (TPSA) is 76.0 Å². The zero-order valence-corrected chi connectivity index (χ0v) is 14.8. The number of sulfone groups is 1. The van der Waals surface area contributed by atoms with Crippen LogP contribution in [0.15, 0.2) is 29.3 Å². The summed E-state index contributed by atoms with van der Waals surface area (Å²) in [6.45, 7) is 0. The SMILES string of the molecule is COc1ccccc1N1C(=NC(=O)C2CC2)S[C@@H]2CS(=O)(=O)C[C@@H]21. The van der Waals surface area contributed by atoms with Gasteiger partial charge in [0.1, 0.15) is 5.75 Å². The summed E-state index contributed by atoms with van der Waals surface area (Å²) in [7, 11) is -1.48. The Bertz CT molecular complexity index is 817. The van der Waals surface area contributed by atoms with E-state index in [9.17, 15) is 13.2 Å². The number of methoxy groups -OCH3 is 1. The first-order valence-electron chi connectivity index (χ1n) is 7.90. The largest absolute Gasteiger partial charge is 0.495 e. The average Bonchev–Trinajstić information content (AvgIpc) is 3.28.